The summed E-state index contributed by atoms with van der Waals surface area (Å²) in [7, 11) is 1.60. The Morgan fingerprint density at radius 2 is 1.68 bits per heavy atom. The molecule has 1 aliphatic heterocycles. The van der Waals surface area contributed by atoms with Gasteiger partial charge in [0.15, 0.2) is 0 Å². The van der Waals surface area contributed by atoms with Crippen molar-refractivity contribution in [2.45, 2.75) is 48.3 Å². The topological polar surface area (TPSA) is 88.4 Å². The molecule has 3 rings (SSSR count). The van der Waals surface area contributed by atoms with E-state index in [1.165, 1.54) is 11.8 Å². The third-order valence-corrected chi connectivity index (χ3v) is 5.86. The Hall–Kier alpha value is -1.61. The van der Waals surface area contributed by atoms with E-state index >= 15 is 0 Å². The van der Waals surface area contributed by atoms with Crippen molar-refractivity contribution in [3.05, 3.63) is 59.7 Å². The Labute approximate surface area is 169 Å². The van der Waals surface area contributed by atoms with E-state index in [2.05, 4.69) is 0 Å². The van der Waals surface area contributed by atoms with Crippen LogP contribution in [0.3, 0.4) is 0 Å². The second-order valence-electron chi connectivity index (χ2n) is 6.76. The van der Waals surface area contributed by atoms with Crippen molar-refractivity contribution < 1.29 is 29.5 Å². The molecule has 0 saturated carbocycles. The maximum absolute atomic E-state index is 10.8. The predicted octanol–water partition coefficient (Wildman–Crippen LogP) is 2.12. The van der Waals surface area contributed by atoms with Gasteiger partial charge in [-0.2, -0.15) is 0 Å². The largest absolute Gasteiger partial charge is 0.497 e. The number of aliphatic hydroxyl groups is 3. The molecule has 1 saturated heterocycles. The lowest BCUT2D eigenvalue weighted by Crippen LogP contribution is -2.58. The molecule has 3 N–H and O–H groups in total. The van der Waals surface area contributed by atoms with Crippen LogP contribution in [0.15, 0.2) is 53.4 Å². The molecule has 6 nitrogen and oxygen atoms in total. The second kappa shape index (κ2) is 9.73. The molecule has 5 atom stereocenters. The molecule has 0 spiro atoms. The van der Waals surface area contributed by atoms with E-state index in [0.29, 0.717) is 0 Å². The van der Waals surface area contributed by atoms with Crippen LogP contribution in [-0.4, -0.2) is 58.9 Å². The number of benzene rings is 2. The Bertz CT molecular complexity index is 736. The molecule has 1 aliphatic rings. The number of hydrogen-bond acceptors (Lipinski definition) is 7. The number of thioether (sulfide) groups is 1. The van der Waals surface area contributed by atoms with Gasteiger partial charge in [-0.05, 0) is 36.8 Å². The van der Waals surface area contributed by atoms with Gasteiger partial charge in [0.1, 0.15) is 35.6 Å². The highest BCUT2D eigenvalue weighted by Gasteiger charge is 2.45. The zero-order valence-electron chi connectivity index (χ0n) is 15.9. The molecule has 0 aliphatic carbocycles. The molecule has 2 aromatic carbocycles. The summed E-state index contributed by atoms with van der Waals surface area (Å²) < 4.78 is 16.7. The van der Waals surface area contributed by atoms with Crippen LogP contribution >= 0.6 is 11.8 Å². The minimum atomic E-state index is -1.13. The van der Waals surface area contributed by atoms with E-state index in [0.717, 1.165) is 21.8 Å². The van der Waals surface area contributed by atoms with Crippen LogP contribution in [0.5, 0.6) is 5.75 Å². The van der Waals surface area contributed by atoms with Crippen molar-refractivity contribution in [3.63, 3.8) is 0 Å². The Morgan fingerprint density at radius 1 is 1.00 bits per heavy atom. The summed E-state index contributed by atoms with van der Waals surface area (Å²) >= 11 is 1.34. The average Bonchev–Trinajstić information content (AvgIpc) is 2.72. The van der Waals surface area contributed by atoms with Gasteiger partial charge in [0.25, 0.3) is 0 Å². The minimum Gasteiger partial charge on any atom is -0.497 e. The maximum atomic E-state index is 10.8. The summed E-state index contributed by atoms with van der Waals surface area (Å²) in [6.07, 6.45) is -3.89. The zero-order chi connectivity index (χ0) is 20.1. The van der Waals surface area contributed by atoms with E-state index < -0.39 is 29.9 Å². The molecule has 1 fully saturated rings. The number of methoxy groups -OCH3 is 1. The maximum Gasteiger partial charge on any atom is 0.136 e. The van der Waals surface area contributed by atoms with Gasteiger partial charge in [-0.3, -0.25) is 0 Å². The van der Waals surface area contributed by atoms with Crippen LogP contribution in [0.2, 0.25) is 0 Å². The monoisotopic (exact) mass is 406 g/mol. The summed E-state index contributed by atoms with van der Waals surface area (Å²) in [5.74, 6) is 0.741. The molecule has 1 heterocycles. The predicted molar refractivity (Wildman–Crippen MR) is 106 cm³/mol. The van der Waals surface area contributed by atoms with Crippen molar-refractivity contribution >= 4 is 11.8 Å². The van der Waals surface area contributed by atoms with Crippen LogP contribution in [0.4, 0.5) is 0 Å². The third kappa shape index (κ3) is 5.05. The van der Waals surface area contributed by atoms with Gasteiger partial charge >= 0.3 is 0 Å². The minimum absolute atomic E-state index is 0.211. The molecule has 0 unspecified atom stereocenters. The van der Waals surface area contributed by atoms with Gasteiger partial charge in [0.05, 0.1) is 20.3 Å². The normalized spacial score (nSPS) is 27.5. The van der Waals surface area contributed by atoms with Crippen LogP contribution in [0, 0.1) is 6.92 Å². The highest BCUT2D eigenvalue weighted by atomic mass is 32.2. The van der Waals surface area contributed by atoms with Crippen LogP contribution in [0.25, 0.3) is 0 Å². The van der Waals surface area contributed by atoms with Gasteiger partial charge in [0.2, 0.25) is 0 Å². The smallest absolute Gasteiger partial charge is 0.136 e. The number of hydrogen-bond donors (Lipinski definition) is 3. The molecule has 0 radical (unpaired) electrons. The highest BCUT2D eigenvalue weighted by Crippen LogP contribution is 2.34. The van der Waals surface area contributed by atoms with Gasteiger partial charge in [-0.1, -0.05) is 41.6 Å². The fourth-order valence-corrected chi connectivity index (χ4v) is 4.07. The van der Waals surface area contributed by atoms with E-state index in [9.17, 15) is 15.3 Å². The second-order valence-corrected chi connectivity index (χ2v) is 7.93. The highest BCUT2D eigenvalue weighted by molar-refractivity contribution is 7.99. The quantitative estimate of drug-likeness (QED) is 0.649. The summed E-state index contributed by atoms with van der Waals surface area (Å²) in [4.78, 5) is 0.927. The van der Waals surface area contributed by atoms with Crippen molar-refractivity contribution in [1.82, 2.24) is 0 Å². The molecule has 0 amide bonds. The van der Waals surface area contributed by atoms with E-state index in [1.807, 2.05) is 55.5 Å². The van der Waals surface area contributed by atoms with Crippen molar-refractivity contribution in [1.29, 1.82) is 0 Å². The first kappa shape index (κ1) is 21.1. The Balaban J connectivity index is 1.69. The fraction of sp³-hybridized carbons (Fsp3) is 0.429. The molecule has 0 aromatic heterocycles. The number of ether oxygens (including phenoxy) is 3. The van der Waals surface area contributed by atoms with Gasteiger partial charge < -0.3 is 29.5 Å². The average molecular weight is 407 g/mol. The zero-order valence-corrected chi connectivity index (χ0v) is 16.7. The first-order valence-electron chi connectivity index (χ1n) is 9.12. The molecule has 2 aromatic rings. The molecular weight excluding hydrogens is 380 g/mol. The fourth-order valence-electron chi connectivity index (χ4n) is 3.01. The number of rotatable bonds is 7. The van der Waals surface area contributed by atoms with Gasteiger partial charge in [-0.25, -0.2) is 0 Å². The lowest BCUT2D eigenvalue weighted by atomic mass is 10.00. The van der Waals surface area contributed by atoms with Gasteiger partial charge in [-0.15, -0.1) is 0 Å². The lowest BCUT2D eigenvalue weighted by Gasteiger charge is -2.41. The summed E-state index contributed by atoms with van der Waals surface area (Å²) in [5.41, 5.74) is 1.36. The standard InChI is InChI=1S/C21H26O6S/c1-13-3-9-16(10-4-13)28-21-19(24)20(18(23)17(11-22)27-21)26-12-14-5-7-15(25-2)8-6-14/h3-10,17-24H,11-12H2,1-2H3/t17-,18-,19+,20+,21+/m1/s1. The lowest BCUT2D eigenvalue weighted by molar-refractivity contribution is -0.223. The third-order valence-electron chi connectivity index (χ3n) is 4.70. The summed E-state index contributed by atoms with van der Waals surface area (Å²) in [6, 6.07) is 15.2. The SMILES string of the molecule is COc1ccc(CO[C@H]2[C@H](O)[C@@H](CO)O[C@@H](Sc3ccc(C)cc3)[C@H]2O)cc1. The van der Waals surface area contributed by atoms with Crippen LogP contribution in [-0.2, 0) is 16.1 Å². The molecule has 152 valence electrons. The van der Waals surface area contributed by atoms with E-state index in [4.69, 9.17) is 14.2 Å². The van der Waals surface area contributed by atoms with E-state index in [1.54, 1.807) is 7.11 Å². The molecule has 0 bridgehead atoms. The summed E-state index contributed by atoms with van der Waals surface area (Å²) in [6.45, 7) is 1.85. The van der Waals surface area contributed by atoms with Crippen LogP contribution in [0.1, 0.15) is 11.1 Å². The van der Waals surface area contributed by atoms with Crippen molar-refractivity contribution in [2.24, 2.45) is 0 Å². The van der Waals surface area contributed by atoms with Crippen LogP contribution < -0.4 is 4.74 Å². The number of aryl methyl sites for hydroxylation is 1. The molecule has 28 heavy (non-hydrogen) atoms. The first-order chi connectivity index (χ1) is 13.5. The Kier molecular flexibility index (Phi) is 7.34. The number of aliphatic hydroxyl groups excluding tert-OH is 3. The molecule has 7 heteroatoms. The van der Waals surface area contributed by atoms with E-state index in [-0.39, 0.29) is 13.2 Å². The Morgan fingerprint density at radius 3 is 2.29 bits per heavy atom. The van der Waals surface area contributed by atoms with Crippen molar-refractivity contribution in [3.8, 4) is 5.75 Å². The van der Waals surface area contributed by atoms with Gasteiger partial charge in [0, 0.05) is 4.90 Å². The van der Waals surface area contributed by atoms with Crippen molar-refractivity contribution in [2.75, 3.05) is 13.7 Å². The molecular formula is C21H26O6S. The summed E-state index contributed by atoms with van der Waals surface area (Å²) in [5, 5.41) is 30.8. The first-order valence-corrected chi connectivity index (χ1v) is 10.00.